The highest BCUT2D eigenvalue weighted by Crippen LogP contribution is 2.23. The Balaban J connectivity index is 2.29. The Morgan fingerprint density at radius 1 is 1.14 bits per heavy atom. The Morgan fingerprint density at radius 3 is 2.33 bits per heavy atom. The third-order valence-corrected chi connectivity index (χ3v) is 3.62. The minimum atomic E-state index is 0.370. The lowest BCUT2D eigenvalue weighted by Crippen LogP contribution is -2.30. The largest absolute Gasteiger partial charge is 0.399 e. The van der Waals surface area contributed by atoms with Gasteiger partial charge >= 0.3 is 0 Å². The Kier molecular flexibility index (Phi) is 4.49. The van der Waals surface area contributed by atoms with Crippen LogP contribution in [0.1, 0.15) is 30.5 Å². The van der Waals surface area contributed by atoms with Crippen molar-refractivity contribution in [2.45, 2.75) is 33.4 Å². The highest BCUT2D eigenvalue weighted by molar-refractivity contribution is 5.54. The van der Waals surface area contributed by atoms with Gasteiger partial charge in [-0.15, -0.1) is 0 Å². The lowest BCUT2D eigenvalue weighted by molar-refractivity contribution is 0.682. The summed E-state index contributed by atoms with van der Waals surface area (Å²) < 4.78 is 0. The van der Waals surface area contributed by atoms with E-state index in [-0.39, 0.29) is 0 Å². The van der Waals surface area contributed by atoms with Gasteiger partial charge in [0.05, 0.1) is 11.6 Å². The monoisotopic (exact) mass is 279 g/mol. The lowest BCUT2D eigenvalue weighted by Gasteiger charge is -2.29. The van der Waals surface area contributed by atoms with Crippen molar-refractivity contribution in [3.05, 3.63) is 59.2 Å². The number of benzene rings is 2. The minimum absolute atomic E-state index is 0.370. The molecule has 0 spiro atoms. The molecule has 2 N–H and O–H groups in total. The maximum atomic E-state index is 9.04. The van der Waals surface area contributed by atoms with Gasteiger partial charge in [0.1, 0.15) is 0 Å². The number of hydrogen-bond acceptors (Lipinski definition) is 3. The van der Waals surface area contributed by atoms with Gasteiger partial charge in [0.25, 0.3) is 0 Å². The van der Waals surface area contributed by atoms with Crippen molar-refractivity contribution in [3.8, 4) is 6.07 Å². The molecule has 3 heteroatoms. The predicted octanol–water partition coefficient (Wildman–Crippen LogP) is 3.86. The second kappa shape index (κ2) is 6.32. The maximum absolute atomic E-state index is 9.04. The first kappa shape index (κ1) is 14.9. The van der Waals surface area contributed by atoms with Crippen LogP contribution in [0, 0.1) is 18.3 Å². The van der Waals surface area contributed by atoms with Crippen LogP contribution in [-0.2, 0) is 6.54 Å². The summed E-state index contributed by atoms with van der Waals surface area (Å²) in [6.45, 7) is 7.14. The second-order valence-electron chi connectivity index (χ2n) is 5.57. The van der Waals surface area contributed by atoms with Crippen molar-refractivity contribution >= 4 is 11.4 Å². The van der Waals surface area contributed by atoms with E-state index in [2.05, 4.69) is 43.0 Å². The zero-order valence-electron chi connectivity index (χ0n) is 12.8. The van der Waals surface area contributed by atoms with E-state index in [0.717, 1.165) is 29.0 Å². The van der Waals surface area contributed by atoms with Gasteiger partial charge in [0, 0.05) is 24.0 Å². The summed E-state index contributed by atoms with van der Waals surface area (Å²) in [5, 5.41) is 9.04. The fraction of sp³-hybridized carbons (Fsp3) is 0.278. The standard InChI is InChI=1S/C18H21N3/c1-13(2)21(12-15-4-7-17(20)8-5-15)18-9-6-16(11-19)14(3)10-18/h4-10,13H,12,20H2,1-3H3. The number of rotatable bonds is 4. The third-order valence-electron chi connectivity index (χ3n) is 3.62. The average molecular weight is 279 g/mol. The van der Waals surface area contributed by atoms with Crippen LogP contribution >= 0.6 is 0 Å². The van der Waals surface area contributed by atoms with Crippen LogP contribution in [0.5, 0.6) is 0 Å². The van der Waals surface area contributed by atoms with Crippen molar-refractivity contribution in [3.63, 3.8) is 0 Å². The molecule has 108 valence electrons. The molecule has 2 rings (SSSR count). The van der Waals surface area contributed by atoms with Crippen molar-refractivity contribution in [1.82, 2.24) is 0 Å². The minimum Gasteiger partial charge on any atom is -0.399 e. The molecule has 0 amide bonds. The first-order chi connectivity index (χ1) is 10.0. The van der Waals surface area contributed by atoms with Gasteiger partial charge in [0.2, 0.25) is 0 Å². The Morgan fingerprint density at radius 2 is 1.81 bits per heavy atom. The van der Waals surface area contributed by atoms with Gasteiger partial charge in [-0.3, -0.25) is 0 Å². The zero-order valence-corrected chi connectivity index (χ0v) is 12.8. The molecule has 3 nitrogen and oxygen atoms in total. The molecule has 0 unspecified atom stereocenters. The molecular weight excluding hydrogens is 258 g/mol. The van der Waals surface area contributed by atoms with Crippen LogP contribution in [0.3, 0.4) is 0 Å². The lowest BCUT2D eigenvalue weighted by atomic mass is 10.1. The van der Waals surface area contributed by atoms with Gasteiger partial charge in [-0.05, 0) is 62.2 Å². The average Bonchev–Trinajstić information content (AvgIpc) is 2.46. The molecule has 0 saturated heterocycles. The second-order valence-corrected chi connectivity index (χ2v) is 5.57. The summed E-state index contributed by atoms with van der Waals surface area (Å²) in [7, 11) is 0. The number of nitriles is 1. The van der Waals surface area contributed by atoms with Crippen molar-refractivity contribution < 1.29 is 0 Å². The van der Waals surface area contributed by atoms with E-state index < -0.39 is 0 Å². The van der Waals surface area contributed by atoms with E-state index in [0.29, 0.717) is 6.04 Å². The van der Waals surface area contributed by atoms with Crippen LogP contribution in [0.2, 0.25) is 0 Å². The number of nitrogens with two attached hydrogens (primary N) is 1. The fourth-order valence-electron chi connectivity index (χ4n) is 2.34. The molecule has 0 aliphatic heterocycles. The molecule has 0 atom stereocenters. The SMILES string of the molecule is Cc1cc(N(Cc2ccc(N)cc2)C(C)C)ccc1C#N. The molecule has 0 aliphatic rings. The number of aryl methyl sites for hydroxylation is 1. The molecule has 0 fully saturated rings. The number of anilines is 2. The summed E-state index contributed by atoms with van der Waals surface area (Å²) in [6, 6.07) is 16.5. The third kappa shape index (κ3) is 3.55. The molecule has 21 heavy (non-hydrogen) atoms. The summed E-state index contributed by atoms with van der Waals surface area (Å²) in [6.07, 6.45) is 0. The normalized spacial score (nSPS) is 10.4. The first-order valence-electron chi connectivity index (χ1n) is 7.13. The van der Waals surface area contributed by atoms with E-state index in [1.54, 1.807) is 0 Å². The molecule has 2 aromatic rings. The van der Waals surface area contributed by atoms with Crippen molar-refractivity contribution in [2.24, 2.45) is 0 Å². The van der Waals surface area contributed by atoms with Crippen LogP contribution in [0.25, 0.3) is 0 Å². The fourth-order valence-corrected chi connectivity index (χ4v) is 2.34. The van der Waals surface area contributed by atoms with Crippen molar-refractivity contribution in [2.75, 3.05) is 10.6 Å². The topological polar surface area (TPSA) is 53.0 Å². The number of nitrogens with zero attached hydrogens (tertiary/aromatic N) is 2. The highest BCUT2D eigenvalue weighted by atomic mass is 15.1. The van der Waals surface area contributed by atoms with Crippen LogP contribution in [0.15, 0.2) is 42.5 Å². The van der Waals surface area contributed by atoms with E-state index in [9.17, 15) is 0 Å². The highest BCUT2D eigenvalue weighted by Gasteiger charge is 2.12. The summed E-state index contributed by atoms with van der Waals surface area (Å²) >= 11 is 0. The van der Waals surface area contributed by atoms with E-state index in [1.165, 1.54) is 5.56 Å². The molecule has 0 aliphatic carbocycles. The van der Waals surface area contributed by atoms with Gasteiger partial charge in [-0.25, -0.2) is 0 Å². The van der Waals surface area contributed by atoms with E-state index in [1.807, 2.05) is 31.2 Å². The van der Waals surface area contributed by atoms with Crippen LogP contribution in [-0.4, -0.2) is 6.04 Å². The van der Waals surface area contributed by atoms with Crippen LogP contribution in [0.4, 0.5) is 11.4 Å². The van der Waals surface area contributed by atoms with Crippen molar-refractivity contribution in [1.29, 1.82) is 5.26 Å². The predicted molar refractivity (Wildman–Crippen MR) is 88.1 cm³/mol. The Hall–Kier alpha value is -2.47. The Bertz CT molecular complexity index is 651. The molecule has 2 aromatic carbocycles. The summed E-state index contributed by atoms with van der Waals surface area (Å²) in [5.74, 6) is 0. The van der Waals surface area contributed by atoms with Gasteiger partial charge in [-0.2, -0.15) is 5.26 Å². The molecule has 0 bridgehead atoms. The Labute approximate surface area is 126 Å². The van der Waals surface area contributed by atoms with E-state index >= 15 is 0 Å². The van der Waals surface area contributed by atoms with Gasteiger partial charge < -0.3 is 10.6 Å². The molecule has 0 aromatic heterocycles. The zero-order chi connectivity index (χ0) is 15.4. The maximum Gasteiger partial charge on any atom is 0.0994 e. The van der Waals surface area contributed by atoms with Gasteiger partial charge in [0.15, 0.2) is 0 Å². The number of nitrogen functional groups attached to an aromatic ring is 1. The number of hydrogen-bond donors (Lipinski definition) is 1. The van der Waals surface area contributed by atoms with Crippen LogP contribution < -0.4 is 10.6 Å². The molecule has 0 saturated carbocycles. The van der Waals surface area contributed by atoms with Gasteiger partial charge in [-0.1, -0.05) is 12.1 Å². The molecule has 0 radical (unpaired) electrons. The smallest absolute Gasteiger partial charge is 0.0994 e. The summed E-state index contributed by atoms with van der Waals surface area (Å²) in [4.78, 5) is 2.32. The molecular formula is C18H21N3. The quantitative estimate of drug-likeness (QED) is 0.864. The molecule has 0 heterocycles. The van der Waals surface area contributed by atoms with E-state index in [4.69, 9.17) is 11.0 Å². The first-order valence-corrected chi connectivity index (χ1v) is 7.13. The summed E-state index contributed by atoms with van der Waals surface area (Å²) in [5.41, 5.74) is 10.6.